The van der Waals surface area contributed by atoms with Crippen molar-refractivity contribution in [2.75, 3.05) is 0 Å². The largest absolute Gasteiger partial charge is 0.263 e. The van der Waals surface area contributed by atoms with E-state index in [0.29, 0.717) is 0 Å². The van der Waals surface area contributed by atoms with Gasteiger partial charge in [0.25, 0.3) is 0 Å². The van der Waals surface area contributed by atoms with Crippen LogP contribution in [0.3, 0.4) is 0 Å². The van der Waals surface area contributed by atoms with Gasteiger partial charge in [-0.3, -0.25) is 4.98 Å². The highest BCUT2D eigenvalue weighted by Crippen LogP contribution is 2.07. The van der Waals surface area contributed by atoms with Crippen molar-refractivity contribution in [2.45, 2.75) is 6.85 Å². The Kier molecular flexibility index (Phi) is 0.511. The van der Waals surface area contributed by atoms with Crippen LogP contribution in [0.4, 0.5) is 0 Å². The Morgan fingerprint density at radius 1 is 1.88 bits per heavy atom. The molecular weight excluding hydrogens is 166 g/mol. The Morgan fingerprint density at radius 3 is 3.50 bits per heavy atom. The van der Waals surface area contributed by atoms with Gasteiger partial charge in [0.2, 0.25) is 0 Å². The van der Waals surface area contributed by atoms with Crippen LogP contribution in [0, 0.1) is 6.85 Å². The first-order valence-electron chi connectivity index (χ1n) is 4.89. The maximum Gasteiger partial charge on any atom is 0.0852 e. The summed E-state index contributed by atoms with van der Waals surface area (Å²) in [6, 6.07) is -0.366. The summed E-state index contributed by atoms with van der Waals surface area (Å²) in [5.41, 5.74) is -0.430. The molecule has 0 bridgehead atoms. The lowest BCUT2D eigenvalue weighted by molar-refractivity contribution is 1.25. The summed E-state index contributed by atoms with van der Waals surface area (Å²) in [6.07, 6.45) is -0.837. The van der Waals surface area contributed by atoms with E-state index in [9.17, 15) is 0 Å². The second kappa shape index (κ2) is 2.27. The molecule has 8 heavy (non-hydrogen) atoms. The molecule has 1 aromatic rings. The number of halogens is 1. The molecule has 0 aliphatic heterocycles. The zero-order valence-electron chi connectivity index (χ0n) is 9.83. The standard InChI is InChI=1S/C6H6BrN/c1-5-2-6(7)4-8-3-5/h2-4H,1H3/i1D3,2D,3D,4D. The minimum absolute atomic E-state index is 0.000347. The monoisotopic (exact) mass is 177 g/mol. The minimum Gasteiger partial charge on any atom is -0.263 e. The Hall–Kier alpha value is -0.370. The highest BCUT2D eigenvalue weighted by molar-refractivity contribution is 9.10. The van der Waals surface area contributed by atoms with Crippen LogP contribution >= 0.6 is 15.9 Å². The summed E-state index contributed by atoms with van der Waals surface area (Å²) in [5.74, 6) is 0. The second-order valence-corrected chi connectivity index (χ2v) is 1.94. The molecule has 0 aliphatic rings. The summed E-state index contributed by atoms with van der Waals surface area (Å²) in [5, 5.41) is 0. The molecule has 1 rings (SSSR count). The molecule has 1 nitrogen and oxygen atoms in total. The van der Waals surface area contributed by atoms with E-state index < -0.39 is 18.6 Å². The lowest BCUT2D eigenvalue weighted by Crippen LogP contribution is -1.73. The van der Waals surface area contributed by atoms with Crippen molar-refractivity contribution in [1.82, 2.24) is 4.98 Å². The van der Waals surface area contributed by atoms with Gasteiger partial charge in [0.15, 0.2) is 0 Å². The summed E-state index contributed by atoms with van der Waals surface area (Å²) >= 11 is 2.89. The first-order chi connectivity index (χ1) is 6.25. The number of nitrogens with zero attached hydrogens (tertiary/aromatic N) is 1. The average Bonchev–Trinajstić information content (AvgIpc) is 1.97. The maximum atomic E-state index is 7.45. The van der Waals surface area contributed by atoms with Crippen LogP contribution in [0.2, 0.25) is 0 Å². The summed E-state index contributed by atoms with van der Waals surface area (Å²) in [6.45, 7) is -2.54. The number of aromatic nitrogens is 1. The van der Waals surface area contributed by atoms with E-state index in [4.69, 9.17) is 8.22 Å². The van der Waals surface area contributed by atoms with Gasteiger partial charge in [0.05, 0.1) is 4.11 Å². The lowest BCUT2D eigenvalue weighted by atomic mass is 10.3. The van der Waals surface area contributed by atoms with E-state index in [-0.39, 0.29) is 16.7 Å². The smallest absolute Gasteiger partial charge is 0.0852 e. The summed E-state index contributed by atoms with van der Waals surface area (Å²) in [7, 11) is 0. The molecule has 0 unspecified atom stereocenters. The molecule has 0 N–H and O–H groups in total. The van der Waals surface area contributed by atoms with E-state index in [2.05, 4.69) is 20.9 Å². The van der Waals surface area contributed by atoms with Crippen molar-refractivity contribution < 1.29 is 8.22 Å². The van der Waals surface area contributed by atoms with Crippen molar-refractivity contribution in [3.63, 3.8) is 0 Å². The third-order valence-corrected chi connectivity index (χ3v) is 0.932. The number of hydrogen-bond acceptors (Lipinski definition) is 1. The molecule has 0 amide bonds. The minimum atomic E-state index is -2.54. The molecule has 0 aliphatic carbocycles. The normalized spacial score (nSPS) is 21.6. The van der Waals surface area contributed by atoms with Crippen molar-refractivity contribution in [2.24, 2.45) is 0 Å². The highest BCUT2D eigenvalue weighted by Gasteiger charge is 1.83. The van der Waals surface area contributed by atoms with Gasteiger partial charge in [0, 0.05) is 20.9 Å². The highest BCUT2D eigenvalue weighted by atomic mass is 79.9. The third-order valence-electron chi connectivity index (χ3n) is 0.557. The zero-order valence-corrected chi connectivity index (χ0v) is 5.41. The topological polar surface area (TPSA) is 12.9 Å². The van der Waals surface area contributed by atoms with E-state index in [0.717, 1.165) is 0 Å². The van der Waals surface area contributed by atoms with Crippen molar-refractivity contribution in [3.05, 3.63) is 28.4 Å². The quantitative estimate of drug-likeness (QED) is 0.593. The van der Waals surface area contributed by atoms with Gasteiger partial charge in [0.1, 0.15) is 0 Å². The van der Waals surface area contributed by atoms with Crippen LogP contribution in [0.5, 0.6) is 0 Å². The Morgan fingerprint density at radius 2 is 2.75 bits per heavy atom. The average molecular weight is 178 g/mol. The van der Waals surface area contributed by atoms with E-state index >= 15 is 0 Å². The fraction of sp³-hybridized carbons (Fsp3) is 0.167. The van der Waals surface area contributed by atoms with Gasteiger partial charge in [-0.2, -0.15) is 0 Å². The van der Waals surface area contributed by atoms with Gasteiger partial charge in [-0.05, 0) is 34.4 Å². The maximum absolute atomic E-state index is 7.45. The molecule has 0 fully saturated rings. The molecule has 0 radical (unpaired) electrons. The number of hydrogen-bond donors (Lipinski definition) is 0. The molecule has 0 saturated carbocycles. The second-order valence-electron chi connectivity index (χ2n) is 1.15. The van der Waals surface area contributed by atoms with Crippen LogP contribution in [-0.4, -0.2) is 4.98 Å². The van der Waals surface area contributed by atoms with Gasteiger partial charge < -0.3 is 0 Å². The predicted octanol–water partition coefficient (Wildman–Crippen LogP) is 2.15. The van der Waals surface area contributed by atoms with Crippen LogP contribution in [0.25, 0.3) is 0 Å². The SMILES string of the molecule is [2H]c1nc([2H])c(C([2H])([2H])[2H])c([2H])c1Br. The fourth-order valence-corrected chi connectivity index (χ4v) is 0.585. The van der Waals surface area contributed by atoms with Crippen LogP contribution in [0.1, 0.15) is 13.8 Å². The Labute approximate surface area is 65.3 Å². The molecule has 0 aromatic carbocycles. The molecular formula is C6H6BrN. The Balaban J connectivity index is 3.53. The van der Waals surface area contributed by atoms with Crippen molar-refractivity contribution in [3.8, 4) is 0 Å². The van der Waals surface area contributed by atoms with Crippen LogP contribution in [-0.2, 0) is 0 Å². The molecule has 2 heteroatoms. The van der Waals surface area contributed by atoms with E-state index in [1.54, 1.807) is 0 Å². The molecule has 1 heterocycles. The molecule has 0 spiro atoms. The predicted molar refractivity (Wildman–Crippen MR) is 36.7 cm³/mol. The van der Waals surface area contributed by atoms with Gasteiger partial charge in [-0.15, -0.1) is 0 Å². The van der Waals surface area contributed by atoms with Crippen molar-refractivity contribution >= 4 is 15.9 Å². The Bertz CT molecular complexity index is 374. The fourth-order valence-electron chi connectivity index (χ4n) is 0.299. The zero-order chi connectivity index (χ0) is 11.1. The third kappa shape index (κ3) is 1.30. The number of pyridine rings is 1. The van der Waals surface area contributed by atoms with Gasteiger partial charge in [-0.25, -0.2) is 0 Å². The molecule has 0 saturated heterocycles. The lowest BCUT2D eigenvalue weighted by Gasteiger charge is -1.88. The van der Waals surface area contributed by atoms with Crippen LogP contribution in [0.15, 0.2) is 22.9 Å². The molecule has 0 atom stereocenters. The van der Waals surface area contributed by atoms with E-state index in [1.807, 2.05) is 0 Å². The summed E-state index contributed by atoms with van der Waals surface area (Å²) < 4.78 is 43.2. The first kappa shape index (κ1) is 1.81. The van der Waals surface area contributed by atoms with E-state index in [1.165, 1.54) is 0 Å². The molecule has 1 aromatic heterocycles. The first-order valence-corrected chi connectivity index (χ1v) is 2.68. The summed E-state index contributed by atoms with van der Waals surface area (Å²) in [4.78, 5) is 3.41. The number of rotatable bonds is 0. The van der Waals surface area contributed by atoms with Gasteiger partial charge >= 0.3 is 0 Å². The molecule has 42 valence electrons. The van der Waals surface area contributed by atoms with Crippen molar-refractivity contribution in [1.29, 1.82) is 0 Å². The van der Waals surface area contributed by atoms with Crippen LogP contribution < -0.4 is 0 Å². The van der Waals surface area contributed by atoms with Gasteiger partial charge in [-0.1, -0.05) is 0 Å².